The average molecular weight is 651 g/mol. The van der Waals surface area contributed by atoms with Gasteiger partial charge in [-0.1, -0.05) is 26.0 Å². The summed E-state index contributed by atoms with van der Waals surface area (Å²) in [5.74, 6) is -2.52. The van der Waals surface area contributed by atoms with Crippen molar-refractivity contribution in [1.82, 2.24) is 20.9 Å². The molecule has 2 saturated heterocycles. The van der Waals surface area contributed by atoms with E-state index in [1.165, 1.54) is 17.0 Å². The van der Waals surface area contributed by atoms with Gasteiger partial charge in [0.1, 0.15) is 12.6 Å². The zero-order chi connectivity index (χ0) is 32.8. The summed E-state index contributed by atoms with van der Waals surface area (Å²) < 4.78 is 77.3. The fourth-order valence-corrected chi connectivity index (χ4v) is 5.79. The number of carbonyl (C=O) groups is 4. The van der Waals surface area contributed by atoms with E-state index < -0.39 is 69.2 Å². The van der Waals surface area contributed by atoms with Gasteiger partial charge in [-0.05, 0) is 49.3 Å². The van der Waals surface area contributed by atoms with Crippen LogP contribution in [0.1, 0.15) is 57.1 Å². The van der Waals surface area contributed by atoms with E-state index in [1.807, 2.05) is 0 Å². The lowest BCUT2D eigenvalue weighted by Gasteiger charge is -2.28. The Morgan fingerprint density at radius 2 is 1.89 bits per heavy atom. The lowest BCUT2D eigenvalue weighted by molar-refractivity contribution is -0.137. The van der Waals surface area contributed by atoms with Gasteiger partial charge in [0.15, 0.2) is 0 Å². The van der Waals surface area contributed by atoms with E-state index >= 15 is 0 Å². The molecule has 17 heteroatoms. The van der Waals surface area contributed by atoms with E-state index in [2.05, 4.69) is 16.0 Å². The minimum atomic E-state index is -5.03. The van der Waals surface area contributed by atoms with Gasteiger partial charge >= 0.3 is 12.3 Å². The molecule has 13 nitrogen and oxygen atoms in total. The molecule has 3 rings (SSSR count). The number of hydrogen-bond acceptors (Lipinski definition) is 8. The number of amides is 4. The van der Waals surface area contributed by atoms with Gasteiger partial charge in [-0.15, -0.1) is 0 Å². The number of likely N-dealkylation sites (tertiary alicyclic amines) is 1. The number of ether oxygens (including phenoxy) is 1. The molecule has 5 N–H and O–H groups in total. The molecule has 246 valence electrons. The summed E-state index contributed by atoms with van der Waals surface area (Å²) in [5, 5.41) is 17.5. The highest BCUT2D eigenvalue weighted by Crippen LogP contribution is 2.30. The topological polar surface area (TPSA) is 191 Å². The molecule has 0 aliphatic carbocycles. The van der Waals surface area contributed by atoms with E-state index in [0.717, 1.165) is 12.1 Å². The predicted molar refractivity (Wildman–Crippen MR) is 148 cm³/mol. The molecule has 1 unspecified atom stereocenters. The second-order valence-electron chi connectivity index (χ2n) is 11.4. The van der Waals surface area contributed by atoms with Crippen molar-refractivity contribution in [1.29, 1.82) is 0 Å². The number of rotatable bonds is 13. The average Bonchev–Trinajstić information content (AvgIpc) is 3.49. The molecule has 0 bridgehead atoms. The summed E-state index contributed by atoms with van der Waals surface area (Å²) in [4.78, 5) is 51.7. The smallest absolute Gasteiger partial charge is 0.416 e. The largest absolute Gasteiger partial charge is 0.447 e. The van der Waals surface area contributed by atoms with Crippen LogP contribution in [0.5, 0.6) is 0 Å². The number of alkyl carbamates (subject to hydrolysis) is 1. The minimum absolute atomic E-state index is 0.0587. The third kappa shape index (κ3) is 9.79. The van der Waals surface area contributed by atoms with Crippen LogP contribution in [0.25, 0.3) is 0 Å². The van der Waals surface area contributed by atoms with Crippen LogP contribution in [0.2, 0.25) is 0 Å². The molecule has 4 amide bonds. The second kappa shape index (κ2) is 14.6. The van der Waals surface area contributed by atoms with Crippen molar-refractivity contribution in [3.05, 3.63) is 35.4 Å². The lowest BCUT2D eigenvalue weighted by atomic mass is 9.97. The van der Waals surface area contributed by atoms with E-state index in [1.54, 1.807) is 13.8 Å². The van der Waals surface area contributed by atoms with E-state index in [-0.39, 0.29) is 56.2 Å². The van der Waals surface area contributed by atoms with Crippen LogP contribution in [-0.2, 0) is 42.0 Å². The summed E-state index contributed by atoms with van der Waals surface area (Å²) >= 11 is 0. The number of hydrogen-bond donors (Lipinski definition) is 5. The van der Waals surface area contributed by atoms with Gasteiger partial charge in [0, 0.05) is 25.4 Å². The van der Waals surface area contributed by atoms with Crippen molar-refractivity contribution < 1.29 is 55.2 Å². The zero-order valence-electron chi connectivity index (χ0n) is 24.2. The Kier molecular flexibility index (Phi) is 11.6. The fraction of sp³-hybridized carbons (Fsp3) is 0.630. The Bertz CT molecular complexity index is 1330. The molecule has 1 aromatic rings. The summed E-state index contributed by atoms with van der Waals surface area (Å²) in [6, 6.07) is 1.06. The van der Waals surface area contributed by atoms with Gasteiger partial charge in [-0.3, -0.25) is 18.9 Å². The monoisotopic (exact) mass is 650 g/mol. The number of carbonyl (C=O) groups excluding carboxylic acids is 4. The van der Waals surface area contributed by atoms with Crippen molar-refractivity contribution in [2.45, 2.75) is 82.2 Å². The van der Waals surface area contributed by atoms with Crippen molar-refractivity contribution in [3.8, 4) is 0 Å². The van der Waals surface area contributed by atoms with Gasteiger partial charge in [0.05, 0.1) is 17.6 Å². The lowest BCUT2D eigenvalue weighted by Crippen LogP contribution is -2.55. The summed E-state index contributed by atoms with van der Waals surface area (Å²) in [6.45, 7) is 3.37. The normalized spacial score (nSPS) is 21.1. The number of benzene rings is 1. The number of aliphatic hydroxyl groups is 1. The van der Waals surface area contributed by atoms with E-state index in [0.29, 0.717) is 13.0 Å². The SMILES string of the molecule is CC(C)C[C@H](NC(=O)OC[C@@H]1CCC(=O)N1Cc1cccc(C(F)(F)F)c1)C(=O)N[C@@H](C[C@@H]1CCNC1=O)C(O)S(=O)(=O)O. The van der Waals surface area contributed by atoms with Crippen LogP contribution < -0.4 is 16.0 Å². The molecule has 5 atom stereocenters. The maximum absolute atomic E-state index is 13.2. The Morgan fingerprint density at radius 3 is 2.48 bits per heavy atom. The molecular formula is C27H37F3N4O9S. The van der Waals surface area contributed by atoms with Gasteiger partial charge in [0.2, 0.25) is 23.2 Å². The molecule has 1 aromatic carbocycles. The van der Waals surface area contributed by atoms with Gasteiger partial charge in [-0.2, -0.15) is 21.6 Å². The molecule has 2 aliphatic rings. The van der Waals surface area contributed by atoms with Crippen LogP contribution in [0.4, 0.5) is 18.0 Å². The Balaban J connectivity index is 1.64. The second-order valence-corrected chi connectivity index (χ2v) is 12.9. The highest BCUT2D eigenvalue weighted by molar-refractivity contribution is 7.86. The van der Waals surface area contributed by atoms with Crippen molar-refractivity contribution in [2.24, 2.45) is 11.8 Å². The molecule has 2 heterocycles. The summed E-state index contributed by atoms with van der Waals surface area (Å²) in [5.41, 5.74) is -3.05. The van der Waals surface area contributed by atoms with Gasteiger partial charge in [-0.25, -0.2) is 4.79 Å². The van der Waals surface area contributed by atoms with E-state index in [4.69, 9.17) is 4.74 Å². The van der Waals surface area contributed by atoms with Crippen LogP contribution in [0.15, 0.2) is 24.3 Å². The Hall–Kier alpha value is -3.44. The molecule has 44 heavy (non-hydrogen) atoms. The number of nitrogens with one attached hydrogen (secondary N) is 3. The number of aliphatic hydroxyl groups excluding tert-OH is 1. The standard InChI is InChI=1S/C27H37F3N4O9S/c1-15(2)10-20(24(37)32-21(25(38)44(40,41)42)12-17-8-9-31-23(17)36)33-26(39)43-14-19-6-7-22(35)34(19)13-16-4-3-5-18(11-16)27(28,29)30/h3-5,11,15,17,19-21,25,38H,6-10,12-14H2,1-2H3,(H,31,36)(H,32,37)(H,33,39)(H,40,41,42)/t17-,19-,20-,21-,25?/m0/s1. The first-order valence-corrected chi connectivity index (χ1v) is 15.6. The van der Waals surface area contributed by atoms with Crippen LogP contribution in [0, 0.1) is 11.8 Å². The zero-order valence-corrected chi connectivity index (χ0v) is 25.0. The highest BCUT2D eigenvalue weighted by atomic mass is 32.2. The number of halogens is 3. The summed E-state index contributed by atoms with van der Waals surface area (Å²) in [7, 11) is -5.03. The Labute approximate surface area is 252 Å². The first-order chi connectivity index (χ1) is 20.5. The molecule has 2 aliphatic heterocycles. The van der Waals surface area contributed by atoms with Crippen molar-refractivity contribution >= 4 is 33.9 Å². The van der Waals surface area contributed by atoms with Crippen LogP contribution in [0.3, 0.4) is 0 Å². The fourth-order valence-electron chi connectivity index (χ4n) is 5.20. The predicted octanol–water partition coefficient (Wildman–Crippen LogP) is 1.55. The van der Waals surface area contributed by atoms with Gasteiger partial charge in [0.25, 0.3) is 10.1 Å². The molecule has 0 spiro atoms. The van der Waals surface area contributed by atoms with Crippen molar-refractivity contribution in [3.63, 3.8) is 0 Å². The number of nitrogens with zero attached hydrogens (tertiary/aromatic N) is 1. The Morgan fingerprint density at radius 1 is 1.18 bits per heavy atom. The molecule has 2 fully saturated rings. The third-order valence-corrected chi connectivity index (χ3v) is 8.40. The molecular weight excluding hydrogens is 613 g/mol. The maximum atomic E-state index is 13.2. The van der Waals surface area contributed by atoms with Crippen molar-refractivity contribution in [2.75, 3.05) is 13.2 Å². The first-order valence-electron chi connectivity index (χ1n) is 14.1. The molecule has 0 aromatic heterocycles. The highest BCUT2D eigenvalue weighted by Gasteiger charge is 2.38. The molecule has 0 radical (unpaired) electrons. The third-order valence-electron chi connectivity index (χ3n) is 7.46. The maximum Gasteiger partial charge on any atom is 0.416 e. The number of alkyl halides is 3. The van der Waals surface area contributed by atoms with E-state index in [9.17, 15) is 50.4 Å². The quantitative estimate of drug-likeness (QED) is 0.197. The van der Waals surface area contributed by atoms with Crippen LogP contribution in [-0.4, -0.2) is 83.5 Å². The van der Waals surface area contributed by atoms with Crippen LogP contribution >= 0.6 is 0 Å². The minimum Gasteiger partial charge on any atom is -0.447 e. The summed E-state index contributed by atoms with van der Waals surface area (Å²) in [6.07, 6.45) is -5.14. The molecule has 0 saturated carbocycles. The first kappa shape index (κ1) is 35.0. The van der Waals surface area contributed by atoms with Gasteiger partial charge < -0.3 is 30.7 Å².